The van der Waals surface area contributed by atoms with Gasteiger partial charge in [-0.3, -0.25) is 0 Å². The van der Waals surface area contributed by atoms with E-state index in [9.17, 15) is 0 Å². The van der Waals surface area contributed by atoms with Crippen LogP contribution in [-0.4, -0.2) is 15.0 Å². The normalized spacial score (nSPS) is 11.6. The fraction of sp³-hybridized carbons (Fsp3) is 0. The van der Waals surface area contributed by atoms with E-state index in [-0.39, 0.29) is 0 Å². The fourth-order valence-corrected chi connectivity index (χ4v) is 6.41. The van der Waals surface area contributed by atoms with Crippen LogP contribution in [0.2, 0.25) is 0 Å². The van der Waals surface area contributed by atoms with Crippen molar-refractivity contribution in [2.45, 2.75) is 0 Å². The molecule has 0 saturated heterocycles. The van der Waals surface area contributed by atoms with Crippen LogP contribution in [0.3, 0.4) is 0 Å². The van der Waals surface area contributed by atoms with E-state index < -0.39 is 0 Å². The van der Waals surface area contributed by atoms with Crippen LogP contribution in [0.5, 0.6) is 0 Å². The van der Waals surface area contributed by atoms with Crippen molar-refractivity contribution >= 4 is 43.5 Å². The molecule has 0 spiro atoms. The quantitative estimate of drug-likeness (QED) is 0.196. The number of furan rings is 1. The standard InChI is InChI=1S/C41H25N3O/c1-2-12-27(13-3-1)39-42-40(29-23-24-31-28(25-29)22-21-26-11-4-5-14-30(26)31)44-41(43-39)34-16-7-6-15-32(34)33-18-10-20-37-38(33)35-17-8-9-19-36(35)45-37/h1-25H. The van der Waals surface area contributed by atoms with Crippen LogP contribution in [0.4, 0.5) is 0 Å². The number of benzene rings is 7. The molecular formula is C41H25N3O. The average molecular weight is 576 g/mol. The second-order valence-electron chi connectivity index (χ2n) is 11.2. The van der Waals surface area contributed by atoms with Crippen LogP contribution in [0.1, 0.15) is 0 Å². The number of aromatic nitrogens is 3. The molecule has 2 aromatic heterocycles. The van der Waals surface area contributed by atoms with Gasteiger partial charge in [0, 0.05) is 27.5 Å². The minimum absolute atomic E-state index is 0.623. The fourth-order valence-electron chi connectivity index (χ4n) is 6.41. The smallest absolute Gasteiger partial charge is 0.164 e. The molecule has 0 saturated carbocycles. The van der Waals surface area contributed by atoms with E-state index in [0.717, 1.165) is 55.1 Å². The molecule has 0 aliphatic heterocycles. The predicted octanol–water partition coefficient (Wildman–Crippen LogP) is 10.7. The molecule has 0 amide bonds. The number of para-hydroxylation sites is 1. The summed E-state index contributed by atoms with van der Waals surface area (Å²) in [7, 11) is 0. The maximum absolute atomic E-state index is 6.23. The van der Waals surface area contributed by atoms with Gasteiger partial charge in [-0.05, 0) is 50.9 Å². The molecule has 210 valence electrons. The van der Waals surface area contributed by atoms with E-state index >= 15 is 0 Å². The third-order valence-electron chi connectivity index (χ3n) is 8.53. The van der Waals surface area contributed by atoms with Gasteiger partial charge in [0.15, 0.2) is 17.5 Å². The van der Waals surface area contributed by atoms with Gasteiger partial charge >= 0.3 is 0 Å². The van der Waals surface area contributed by atoms with Crippen LogP contribution in [0, 0.1) is 0 Å². The molecule has 0 aliphatic rings. The highest BCUT2D eigenvalue weighted by Gasteiger charge is 2.19. The van der Waals surface area contributed by atoms with Crippen molar-refractivity contribution < 1.29 is 4.42 Å². The zero-order valence-electron chi connectivity index (χ0n) is 24.2. The summed E-state index contributed by atoms with van der Waals surface area (Å²) in [6, 6.07) is 52.2. The average Bonchev–Trinajstić information content (AvgIpc) is 3.50. The topological polar surface area (TPSA) is 51.8 Å². The summed E-state index contributed by atoms with van der Waals surface area (Å²) < 4.78 is 6.23. The first-order valence-electron chi connectivity index (χ1n) is 15.0. The maximum atomic E-state index is 6.23. The molecule has 0 unspecified atom stereocenters. The molecule has 9 aromatic rings. The molecule has 0 aliphatic carbocycles. The molecule has 9 rings (SSSR count). The van der Waals surface area contributed by atoms with Crippen LogP contribution in [0.15, 0.2) is 156 Å². The van der Waals surface area contributed by atoms with Crippen molar-refractivity contribution in [1.82, 2.24) is 15.0 Å². The van der Waals surface area contributed by atoms with Crippen LogP contribution >= 0.6 is 0 Å². The largest absolute Gasteiger partial charge is 0.456 e. The number of rotatable bonds is 4. The Bertz CT molecular complexity index is 2550. The minimum Gasteiger partial charge on any atom is -0.456 e. The first kappa shape index (κ1) is 25.4. The minimum atomic E-state index is 0.623. The third kappa shape index (κ3) is 4.27. The lowest BCUT2D eigenvalue weighted by Crippen LogP contribution is -2.01. The second kappa shape index (κ2) is 10.2. The third-order valence-corrected chi connectivity index (χ3v) is 8.53. The summed E-state index contributed by atoms with van der Waals surface area (Å²) in [6.07, 6.45) is 0. The SMILES string of the molecule is c1ccc(-c2nc(-c3ccc4c(ccc5ccccc54)c3)nc(-c3ccccc3-c3cccc4oc5ccccc5c34)n2)cc1. The molecule has 7 aromatic carbocycles. The molecule has 45 heavy (non-hydrogen) atoms. The maximum Gasteiger partial charge on any atom is 0.164 e. The van der Waals surface area contributed by atoms with Gasteiger partial charge in [0.2, 0.25) is 0 Å². The van der Waals surface area contributed by atoms with E-state index in [1.165, 1.54) is 16.2 Å². The first-order chi connectivity index (χ1) is 22.3. The van der Waals surface area contributed by atoms with Crippen LogP contribution in [-0.2, 0) is 0 Å². The molecule has 0 fully saturated rings. The lowest BCUT2D eigenvalue weighted by Gasteiger charge is -2.13. The summed E-state index contributed by atoms with van der Waals surface area (Å²) in [5.41, 5.74) is 6.66. The van der Waals surface area contributed by atoms with E-state index in [1.807, 2.05) is 60.7 Å². The van der Waals surface area contributed by atoms with Crippen LogP contribution < -0.4 is 0 Å². The van der Waals surface area contributed by atoms with Crippen molar-refractivity contribution in [1.29, 1.82) is 0 Å². The van der Waals surface area contributed by atoms with E-state index in [2.05, 4.69) is 91.0 Å². The monoisotopic (exact) mass is 575 g/mol. The Morgan fingerprint density at radius 2 is 0.978 bits per heavy atom. The first-order valence-corrected chi connectivity index (χ1v) is 15.0. The Morgan fingerprint density at radius 3 is 1.87 bits per heavy atom. The molecule has 4 heteroatoms. The summed E-state index contributed by atoms with van der Waals surface area (Å²) in [5.74, 6) is 1.89. The zero-order chi connectivity index (χ0) is 29.7. The van der Waals surface area contributed by atoms with E-state index in [0.29, 0.717) is 17.5 Å². The lowest BCUT2D eigenvalue weighted by molar-refractivity contribution is 0.669. The van der Waals surface area contributed by atoms with Gasteiger partial charge in [0.25, 0.3) is 0 Å². The highest BCUT2D eigenvalue weighted by Crippen LogP contribution is 2.40. The van der Waals surface area contributed by atoms with E-state index in [1.54, 1.807) is 0 Å². The Hall–Kier alpha value is -6.13. The Balaban J connectivity index is 1.27. The number of hydrogen-bond acceptors (Lipinski definition) is 4. The van der Waals surface area contributed by atoms with Crippen molar-refractivity contribution in [3.63, 3.8) is 0 Å². The Labute approximate surface area is 259 Å². The van der Waals surface area contributed by atoms with Gasteiger partial charge in [0.1, 0.15) is 11.2 Å². The Morgan fingerprint density at radius 1 is 0.356 bits per heavy atom. The summed E-state index contributed by atoms with van der Waals surface area (Å²) >= 11 is 0. The van der Waals surface area contributed by atoms with Crippen molar-refractivity contribution in [2.24, 2.45) is 0 Å². The van der Waals surface area contributed by atoms with Gasteiger partial charge in [-0.1, -0.05) is 133 Å². The van der Waals surface area contributed by atoms with Gasteiger partial charge in [0.05, 0.1) is 0 Å². The van der Waals surface area contributed by atoms with Crippen LogP contribution in [0.25, 0.3) is 88.8 Å². The van der Waals surface area contributed by atoms with Gasteiger partial charge < -0.3 is 4.42 Å². The van der Waals surface area contributed by atoms with Crippen molar-refractivity contribution in [3.05, 3.63) is 152 Å². The molecule has 0 atom stereocenters. The Kier molecular flexibility index (Phi) is 5.78. The number of hydrogen-bond donors (Lipinski definition) is 0. The molecule has 0 radical (unpaired) electrons. The molecule has 4 nitrogen and oxygen atoms in total. The highest BCUT2D eigenvalue weighted by molar-refractivity contribution is 6.13. The van der Waals surface area contributed by atoms with Gasteiger partial charge in [-0.15, -0.1) is 0 Å². The molecule has 2 heterocycles. The number of fused-ring (bicyclic) bond motifs is 6. The van der Waals surface area contributed by atoms with E-state index in [4.69, 9.17) is 19.4 Å². The lowest BCUT2D eigenvalue weighted by atomic mass is 9.95. The molecule has 0 bridgehead atoms. The summed E-state index contributed by atoms with van der Waals surface area (Å²) in [5, 5.41) is 6.98. The van der Waals surface area contributed by atoms with Crippen molar-refractivity contribution in [2.75, 3.05) is 0 Å². The highest BCUT2D eigenvalue weighted by atomic mass is 16.3. The van der Waals surface area contributed by atoms with Gasteiger partial charge in [-0.2, -0.15) is 0 Å². The summed E-state index contributed by atoms with van der Waals surface area (Å²) in [6.45, 7) is 0. The zero-order valence-corrected chi connectivity index (χ0v) is 24.2. The number of nitrogens with zero attached hydrogens (tertiary/aromatic N) is 3. The molecular weight excluding hydrogens is 550 g/mol. The second-order valence-corrected chi connectivity index (χ2v) is 11.2. The van der Waals surface area contributed by atoms with Crippen molar-refractivity contribution in [3.8, 4) is 45.3 Å². The van der Waals surface area contributed by atoms with Gasteiger partial charge in [-0.25, -0.2) is 15.0 Å². The summed E-state index contributed by atoms with van der Waals surface area (Å²) in [4.78, 5) is 15.2. The molecule has 0 N–H and O–H groups in total. The predicted molar refractivity (Wildman–Crippen MR) is 184 cm³/mol.